The van der Waals surface area contributed by atoms with Crippen LogP contribution in [0.15, 0.2) is 12.1 Å². The minimum atomic E-state index is -0.444. The number of aromatic hydroxyl groups is 3. The number of hydrogen-bond acceptors (Lipinski definition) is 4. The van der Waals surface area contributed by atoms with Crippen LogP contribution in [-0.4, -0.2) is 21.4 Å². The molecule has 1 aromatic carbocycles. The molecule has 1 unspecified atom stereocenters. The first-order valence-corrected chi connectivity index (χ1v) is 6.05. The topological polar surface area (TPSA) is 72.7 Å². The van der Waals surface area contributed by atoms with Crippen LogP contribution in [-0.2, 0) is 6.54 Å². The average Bonchev–Trinajstić information content (AvgIpc) is 2.22. The van der Waals surface area contributed by atoms with E-state index in [0.29, 0.717) is 18.2 Å². The lowest BCUT2D eigenvalue weighted by Crippen LogP contribution is -2.36. The van der Waals surface area contributed by atoms with Crippen molar-refractivity contribution >= 4 is 0 Å². The van der Waals surface area contributed by atoms with Gasteiger partial charge < -0.3 is 20.6 Å². The molecule has 4 nitrogen and oxygen atoms in total. The van der Waals surface area contributed by atoms with Gasteiger partial charge >= 0.3 is 0 Å². The first-order valence-electron chi connectivity index (χ1n) is 6.05. The van der Waals surface area contributed by atoms with Gasteiger partial charge in [-0.25, -0.2) is 0 Å². The number of phenols is 3. The van der Waals surface area contributed by atoms with E-state index < -0.39 is 5.75 Å². The molecule has 1 aromatic rings. The predicted molar refractivity (Wildman–Crippen MR) is 65.1 cm³/mol. The van der Waals surface area contributed by atoms with E-state index in [1.807, 2.05) is 0 Å². The third-order valence-electron chi connectivity index (χ3n) is 3.68. The summed E-state index contributed by atoms with van der Waals surface area (Å²) >= 11 is 0. The second-order valence-electron chi connectivity index (χ2n) is 4.80. The Hall–Kier alpha value is -1.42. The third-order valence-corrected chi connectivity index (χ3v) is 3.68. The Labute approximate surface area is 101 Å². The van der Waals surface area contributed by atoms with Crippen molar-refractivity contribution in [2.45, 2.75) is 38.8 Å². The van der Waals surface area contributed by atoms with Crippen LogP contribution in [0.4, 0.5) is 0 Å². The highest BCUT2D eigenvalue weighted by Crippen LogP contribution is 2.37. The number of rotatable bonds is 4. The summed E-state index contributed by atoms with van der Waals surface area (Å²) in [6.07, 6.45) is 3.84. The van der Waals surface area contributed by atoms with Gasteiger partial charge in [0.1, 0.15) is 0 Å². The van der Waals surface area contributed by atoms with Crippen molar-refractivity contribution in [3.8, 4) is 17.2 Å². The first-order chi connectivity index (χ1) is 8.09. The molecular weight excluding hydrogens is 218 g/mol. The van der Waals surface area contributed by atoms with Crippen molar-refractivity contribution in [2.75, 3.05) is 0 Å². The van der Waals surface area contributed by atoms with Gasteiger partial charge in [0.05, 0.1) is 0 Å². The number of nitrogens with one attached hydrogen (secondary N) is 1. The molecule has 0 heterocycles. The molecule has 4 heteroatoms. The second-order valence-corrected chi connectivity index (χ2v) is 4.80. The number of phenolic OH excluding ortho intramolecular Hbond substituents is 3. The SMILES string of the molecule is CC(NCc1ccc(O)c(O)c1O)C1CCC1. The molecular formula is C13H19NO3. The molecule has 0 amide bonds. The maximum atomic E-state index is 9.65. The zero-order chi connectivity index (χ0) is 12.4. The Morgan fingerprint density at radius 2 is 1.94 bits per heavy atom. The molecule has 1 atom stereocenters. The van der Waals surface area contributed by atoms with E-state index in [0.717, 1.165) is 5.92 Å². The van der Waals surface area contributed by atoms with Gasteiger partial charge in [-0.15, -0.1) is 0 Å². The Morgan fingerprint density at radius 3 is 2.53 bits per heavy atom. The molecule has 0 spiro atoms. The minimum Gasteiger partial charge on any atom is -0.504 e. The van der Waals surface area contributed by atoms with Crippen LogP contribution in [0.2, 0.25) is 0 Å². The van der Waals surface area contributed by atoms with E-state index in [1.54, 1.807) is 6.07 Å². The molecule has 4 N–H and O–H groups in total. The summed E-state index contributed by atoms with van der Waals surface area (Å²) in [6, 6.07) is 3.42. The van der Waals surface area contributed by atoms with Gasteiger partial charge in [-0.05, 0) is 31.7 Å². The summed E-state index contributed by atoms with van der Waals surface area (Å²) in [5.74, 6) is -0.250. The second kappa shape index (κ2) is 4.84. The lowest BCUT2D eigenvalue weighted by Gasteiger charge is -2.32. The Balaban J connectivity index is 1.96. The lowest BCUT2D eigenvalue weighted by atomic mass is 9.80. The van der Waals surface area contributed by atoms with Crippen LogP contribution < -0.4 is 5.32 Å². The van der Waals surface area contributed by atoms with Gasteiger partial charge in [0.15, 0.2) is 11.5 Å². The summed E-state index contributed by atoms with van der Waals surface area (Å²) in [7, 11) is 0. The van der Waals surface area contributed by atoms with Gasteiger partial charge in [0.25, 0.3) is 0 Å². The van der Waals surface area contributed by atoms with Crippen LogP contribution in [0.3, 0.4) is 0 Å². The van der Waals surface area contributed by atoms with Gasteiger partial charge in [0, 0.05) is 18.2 Å². The molecule has 0 bridgehead atoms. The maximum absolute atomic E-state index is 9.65. The molecule has 94 valence electrons. The van der Waals surface area contributed by atoms with Crippen molar-refractivity contribution in [3.05, 3.63) is 17.7 Å². The van der Waals surface area contributed by atoms with Crippen LogP contribution in [0.25, 0.3) is 0 Å². The summed E-state index contributed by atoms with van der Waals surface area (Å²) in [5, 5.41) is 31.6. The fourth-order valence-electron chi connectivity index (χ4n) is 2.13. The molecule has 1 aliphatic rings. The van der Waals surface area contributed by atoms with Gasteiger partial charge in [-0.1, -0.05) is 12.5 Å². The number of benzene rings is 1. The largest absolute Gasteiger partial charge is 0.504 e. The van der Waals surface area contributed by atoms with Crippen molar-refractivity contribution in [1.82, 2.24) is 5.32 Å². The van der Waals surface area contributed by atoms with E-state index in [-0.39, 0.29) is 11.5 Å². The first kappa shape index (κ1) is 12.0. The van der Waals surface area contributed by atoms with Crippen molar-refractivity contribution in [1.29, 1.82) is 0 Å². The Bertz CT molecular complexity index is 402. The van der Waals surface area contributed by atoms with Crippen molar-refractivity contribution in [3.63, 3.8) is 0 Å². The number of hydrogen-bond donors (Lipinski definition) is 4. The predicted octanol–water partition coefficient (Wildman–Crippen LogP) is 2.08. The highest BCUT2D eigenvalue weighted by molar-refractivity contribution is 5.52. The van der Waals surface area contributed by atoms with E-state index in [2.05, 4.69) is 12.2 Å². The van der Waals surface area contributed by atoms with Crippen LogP contribution >= 0.6 is 0 Å². The maximum Gasteiger partial charge on any atom is 0.200 e. The smallest absolute Gasteiger partial charge is 0.200 e. The summed E-state index contributed by atoms with van der Waals surface area (Å²) in [4.78, 5) is 0. The van der Waals surface area contributed by atoms with E-state index in [1.165, 1.54) is 25.3 Å². The fourth-order valence-corrected chi connectivity index (χ4v) is 2.13. The zero-order valence-corrected chi connectivity index (χ0v) is 9.98. The van der Waals surface area contributed by atoms with Gasteiger partial charge in [-0.2, -0.15) is 0 Å². The molecule has 1 saturated carbocycles. The molecule has 0 radical (unpaired) electrons. The third kappa shape index (κ3) is 2.47. The highest BCUT2D eigenvalue weighted by atomic mass is 16.3. The quantitative estimate of drug-likeness (QED) is 0.605. The molecule has 1 fully saturated rings. The van der Waals surface area contributed by atoms with Crippen molar-refractivity contribution < 1.29 is 15.3 Å². The molecule has 1 aliphatic carbocycles. The molecule has 0 aromatic heterocycles. The summed E-state index contributed by atoms with van der Waals surface area (Å²) < 4.78 is 0. The Kier molecular flexibility index (Phi) is 3.43. The molecule has 0 aliphatic heterocycles. The standard InChI is InChI=1S/C13H19NO3/c1-8(9-3-2-4-9)14-7-10-5-6-11(15)13(17)12(10)16/h5-6,8-9,14-17H,2-4,7H2,1H3. The summed E-state index contributed by atoms with van der Waals surface area (Å²) in [5.41, 5.74) is 0.603. The van der Waals surface area contributed by atoms with E-state index in [4.69, 9.17) is 0 Å². The van der Waals surface area contributed by atoms with Gasteiger partial charge in [-0.3, -0.25) is 0 Å². The highest BCUT2D eigenvalue weighted by Gasteiger charge is 2.23. The monoisotopic (exact) mass is 237 g/mol. The van der Waals surface area contributed by atoms with Crippen LogP contribution in [0.5, 0.6) is 17.2 Å². The van der Waals surface area contributed by atoms with Crippen LogP contribution in [0.1, 0.15) is 31.7 Å². The minimum absolute atomic E-state index is 0.238. The average molecular weight is 237 g/mol. The fraction of sp³-hybridized carbons (Fsp3) is 0.538. The zero-order valence-electron chi connectivity index (χ0n) is 9.98. The van der Waals surface area contributed by atoms with E-state index >= 15 is 0 Å². The van der Waals surface area contributed by atoms with Gasteiger partial charge in [0.2, 0.25) is 5.75 Å². The van der Waals surface area contributed by atoms with E-state index in [9.17, 15) is 15.3 Å². The molecule has 17 heavy (non-hydrogen) atoms. The lowest BCUT2D eigenvalue weighted by molar-refractivity contribution is 0.239. The molecule has 2 rings (SSSR count). The Morgan fingerprint density at radius 1 is 1.24 bits per heavy atom. The molecule has 0 saturated heterocycles. The summed E-state index contributed by atoms with van der Waals surface area (Å²) in [6.45, 7) is 2.64. The van der Waals surface area contributed by atoms with Crippen molar-refractivity contribution in [2.24, 2.45) is 5.92 Å². The normalized spacial score (nSPS) is 17.7. The van der Waals surface area contributed by atoms with Crippen LogP contribution in [0, 0.1) is 5.92 Å².